The molecule has 1 unspecified atom stereocenters. The summed E-state index contributed by atoms with van der Waals surface area (Å²) in [5.74, 6) is -0.601. The Balaban J connectivity index is 3.97. The molecule has 0 heterocycles. The zero-order valence-electron chi connectivity index (χ0n) is 7.83. The number of rotatable bonds is 5. The Bertz CT molecular complexity index is 173. The van der Waals surface area contributed by atoms with Gasteiger partial charge in [-0.25, -0.2) is 0 Å². The Morgan fingerprint density at radius 2 is 1.83 bits per heavy atom. The Hall–Kier alpha value is -0.860. The van der Waals surface area contributed by atoms with Crippen molar-refractivity contribution >= 4 is 11.8 Å². The minimum atomic E-state index is -0.832. The second kappa shape index (κ2) is 4.91. The maximum Gasteiger partial charge on any atom is 0.303 e. The summed E-state index contributed by atoms with van der Waals surface area (Å²) in [6.45, 7) is 5.40. The van der Waals surface area contributed by atoms with Crippen LogP contribution in [0.5, 0.6) is 0 Å². The van der Waals surface area contributed by atoms with E-state index < -0.39 is 5.97 Å². The van der Waals surface area contributed by atoms with E-state index in [4.69, 9.17) is 5.11 Å². The van der Waals surface area contributed by atoms with Crippen LogP contribution in [0.2, 0.25) is 0 Å². The lowest BCUT2D eigenvalue weighted by atomic mass is 9.88. The number of hydrogen-bond acceptors (Lipinski definition) is 2. The molecule has 0 aliphatic rings. The van der Waals surface area contributed by atoms with Crippen LogP contribution in [0.4, 0.5) is 0 Å². The van der Waals surface area contributed by atoms with Crippen LogP contribution < -0.4 is 0 Å². The van der Waals surface area contributed by atoms with Gasteiger partial charge in [-0.3, -0.25) is 9.59 Å². The van der Waals surface area contributed by atoms with E-state index in [0.29, 0.717) is 6.42 Å². The highest BCUT2D eigenvalue weighted by Gasteiger charge is 2.18. The van der Waals surface area contributed by atoms with E-state index in [-0.39, 0.29) is 24.0 Å². The van der Waals surface area contributed by atoms with E-state index in [2.05, 4.69) is 0 Å². The van der Waals surface area contributed by atoms with Crippen LogP contribution in [0.3, 0.4) is 0 Å². The molecule has 70 valence electrons. The second-order valence-electron chi connectivity index (χ2n) is 3.39. The second-order valence-corrected chi connectivity index (χ2v) is 3.39. The van der Waals surface area contributed by atoms with Crippen LogP contribution in [0.1, 0.15) is 33.6 Å². The first-order chi connectivity index (χ1) is 5.45. The molecule has 0 amide bonds. The van der Waals surface area contributed by atoms with Crippen molar-refractivity contribution in [2.24, 2.45) is 11.8 Å². The van der Waals surface area contributed by atoms with Gasteiger partial charge in [0.1, 0.15) is 5.78 Å². The molecule has 0 aliphatic heterocycles. The lowest BCUT2D eigenvalue weighted by Crippen LogP contribution is -2.18. The number of ketones is 1. The van der Waals surface area contributed by atoms with Gasteiger partial charge in [-0.1, -0.05) is 13.8 Å². The number of aliphatic carboxylic acids is 1. The number of Topliss-reactive ketones (excluding diaryl/α,β-unsaturated/α-hetero) is 1. The van der Waals surface area contributed by atoms with Crippen molar-refractivity contribution in [1.82, 2.24) is 0 Å². The standard InChI is InChI=1S/C9H16O3/c1-6(2)8(7(3)10)4-5-9(11)12/h6,8H,4-5H2,1-3H3,(H,11,12). The van der Waals surface area contributed by atoms with Gasteiger partial charge in [0.2, 0.25) is 0 Å². The van der Waals surface area contributed by atoms with Crippen LogP contribution >= 0.6 is 0 Å². The Kier molecular flexibility index (Phi) is 4.55. The third kappa shape index (κ3) is 4.11. The molecular weight excluding hydrogens is 156 g/mol. The average Bonchev–Trinajstić information content (AvgIpc) is 1.84. The summed E-state index contributed by atoms with van der Waals surface area (Å²) >= 11 is 0. The number of carboxylic acid groups (broad SMARTS) is 1. The monoisotopic (exact) mass is 172 g/mol. The highest BCUT2D eigenvalue weighted by atomic mass is 16.4. The van der Waals surface area contributed by atoms with Gasteiger partial charge in [0.05, 0.1) is 0 Å². The van der Waals surface area contributed by atoms with Crippen LogP contribution in [-0.4, -0.2) is 16.9 Å². The molecule has 1 N–H and O–H groups in total. The predicted molar refractivity (Wildman–Crippen MR) is 45.9 cm³/mol. The van der Waals surface area contributed by atoms with Crippen molar-refractivity contribution in [1.29, 1.82) is 0 Å². The highest BCUT2D eigenvalue weighted by molar-refractivity contribution is 5.79. The summed E-state index contributed by atoms with van der Waals surface area (Å²) in [6, 6.07) is 0. The van der Waals surface area contributed by atoms with E-state index in [0.717, 1.165) is 0 Å². The zero-order chi connectivity index (χ0) is 9.72. The molecule has 0 bridgehead atoms. The van der Waals surface area contributed by atoms with Gasteiger partial charge < -0.3 is 5.11 Å². The number of carbonyl (C=O) groups excluding carboxylic acids is 1. The maximum absolute atomic E-state index is 11.0. The van der Waals surface area contributed by atoms with Crippen LogP contribution in [-0.2, 0) is 9.59 Å². The molecule has 3 heteroatoms. The van der Waals surface area contributed by atoms with E-state index >= 15 is 0 Å². The van der Waals surface area contributed by atoms with Gasteiger partial charge in [-0.2, -0.15) is 0 Å². The lowest BCUT2D eigenvalue weighted by Gasteiger charge is -2.15. The van der Waals surface area contributed by atoms with Crippen LogP contribution in [0.25, 0.3) is 0 Å². The molecule has 12 heavy (non-hydrogen) atoms. The summed E-state index contributed by atoms with van der Waals surface area (Å²) in [5, 5.41) is 8.41. The molecule has 1 atom stereocenters. The van der Waals surface area contributed by atoms with Gasteiger partial charge in [-0.05, 0) is 19.3 Å². The highest BCUT2D eigenvalue weighted by Crippen LogP contribution is 2.17. The van der Waals surface area contributed by atoms with E-state index in [9.17, 15) is 9.59 Å². The first-order valence-electron chi connectivity index (χ1n) is 4.17. The average molecular weight is 172 g/mol. The van der Waals surface area contributed by atoms with E-state index in [1.807, 2.05) is 13.8 Å². The number of hydrogen-bond donors (Lipinski definition) is 1. The molecule has 0 aromatic carbocycles. The van der Waals surface area contributed by atoms with Crippen molar-refractivity contribution in [3.63, 3.8) is 0 Å². The zero-order valence-corrected chi connectivity index (χ0v) is 7.83. The topological polar surface area (TPSA) is 54.4 Å². The molecule has 0 aromatic rings. The van der Waals surface area contributed by atoms with Crippen LogP contribution in [0, 0.1) is 11.8 Å². The van der Waals surface area contributed by atoms with Crippen molar-refractivity contribution in [2.75, 3.05) is 0 Å². The fourth-order valence-corrected chi connectivity index (χ4v) is 1.28. The minimum Gasteiger partial charge on any atom is -0.481 e. The molecule has 0 aromatic heterocycles. The van der Waals surface area contributed by atoms with Gasteiger partial charge in [0, 0.05) is 12.3 Å². The van der Waals surface area contributed by atoms with Gasteiger partial charge in [0.15, 0.2) is 0 Å². The predicted octanol–water partition coefficient (Wildman–Crippen LogP) is 1.71. The molecule has 0 rings (SSSR count). The van der Waals surface area contributed by atoms with Crippen molar-refractivity contribution in [2.45, 2.75) is 33.6 Å². The van der Waals surface area contributed by atoms with Crippen molar-refractivity contribution < 1.29 is 14.7 Å². The molecular formula is C9H16O3. The maximum atomic E-state index is 11.0. The molecule has 3 nitrogen and oxygen atoms in total. The third-order valence-corrected chi connectivity index (χ3v) is 2.00. The largest absolute Gasteiger partial charge is 0.481 e. The quantitative estimate of drug-likeness (QED) is 0.686. The summed E-state index contributed by atoms with van der Waals surface area (Å²) < 4.78 is 0. The summed E-state index contributed by atoms with van der Waals surface area (Å²) in [6.07, 6.45) is 0.546. The molecule has 0 fully saturated rings. The smallest absolute Gasteiger partial charge is 0.303 e. The normalized spacial score (nSPS) is 13.0. The number of carbonyl (C=O) groups is 2. The van der Waals surface area contributed by atoms with Crippen molar-refractivity contribution in [3.05, 3.63) is 0 Å². The van der Waals surface area contributed by atoms with Gasteiger partial charge in [0.25, 0.3) is 0 Å². The minimum absolute atomic E-state index is 0.0857. The Morgan fingerprint density at radius 1 is 1.33 bits per heavy atom. The first-order valence-corrected chi connectivity index (χ1v) is 4.17. The third-order valence-electron chi connectivity index (χ3n) is 2.00. The molecule has 0 radical (unpaired) electrons. The molecule has 0 spiro atoms. The summed E-state index contributed by atoms with van der Waals surface area (Å²) in [4.78, 5) is 21.2. The fraction of sp³-hybridized carbons (Fsp3) is 0.778. The summed E-state index contributed by atoms with van der Waals surface area (Å²) in [5.41, 5.74) is 0. The van der Waals surface area contributed by atoms with Crippen LogP contribution in [0.15, 0.2) is 0 Å². The Morgan fingerprint density at radius 3 is 2.08 bits per heavy atom. The number of carboxylic acids is 1. The fourth-order valence-electron chi connectivity index (χ4n) is 1.28. The van der Waals surface area contributed by atoms with Gasteiger partial charge >= 0.3 is 5.97 Å². The van der Waals surface area contributed by atoms with Crippen molar-refractivity contribution in [3.8, 4) is 0 Å². The lowest BCUT2D eigenvalue weighted by molar-refractivity contribution is -0.137. The summed E-state index contributed by atoms with van der Waals surface area (Å²) in [7, 11) is 0. The molecule has 0 saturated heterocycles. The molecule has 0 aliphatic carbocycles. The Labute approximate surface area is 72.8 Å². The van der Waals surface area contributed by atoms with E-state index in [1.54, 1.807) is 0 Å². The molecule has 0 saturated carbocycles. The first kappa shape index (κ1) is 11.1. The van der Waals surface area contributed by atoms with E-state index in [1.165, 1.54) is 6.92 Å². The van der Waals surface area contributed by atoms with Gasteiger partial charge in [-0.15, -0.1) is 0 Å². The SMILES string of the molecule is CC(=O)C(CCC(=O)O)C(C)C.